The summed E-state index contributed by atoms with van der Waals surface area (Å²) in [5.41, 5.74) is 6.79. The van der Waals surface area contributed by atoms with Gasteiger partial charge in [0.1, 0.15) is 5.75 Å². The SMILES string of the molecule is CCOc1ccc(C(=O)N2CCC(N)C(C)(C)C2)cc1.Cl. The van der Waals surface area contributed by atoms with Crippen molar-refractivity contribution in [3.05, 3.63) is 29.8 Å². The number of rotatable bonds is 3. The molecule has 1 saturated heterocycles. The minimum absolute atomic E-state index is 0. The van der Waals surface area contributed by atoms with E-state index in [1.165, 1.54) is 0 Å². The van der Waals surface area contributed by atoms with E-state index in [2.05, 4.69) is 13.8 Å². The predicted molar refractivity (Wildman–Crippen MR) is 87.1 cm³/mol. The highest BCUT2D eigenvalue weighted by Gasteiger charge is 2.35. The third-order valence-electron chi connectivity index (χ3n) is 4.01. The van der Waals surface area contributed by atoms with Gasteiger partial charge in [0.25, 0.3) is 5.91 Å². The van der Waals surface area contributed by atoms with E-state index in [-0.39, 0.29) is 29.8 Å². The third kappa shape index (κ3) is 4.11. The first-order valence-corrected chi connectivity index (χ1v) is 7.22. The fraction of sp³-hybridized carbons (Fsp3) is 0.562. The second-order valence-corrected chi connectivity index (χ2v) is 6.07. The largest absolute Gasteiger partial charge is 0.494 e. The summed E-state index contributed by atoms with van der Waals surface area (Å²) in [7, 11) is 0. The summed E-state index contributed by atoms with van der Waals surface area (Å²) < 4.78 is 5.39. The number of nitrogens with zero attached hydrogens (tertiary/aromatic N) is 1. The average Bonchev–Trinajstić information content (AvgIpc) is 2.42. The number of hydrogen-bond donors (Lipinski definition) is 1. The molecule has 0 aromatic heterocycles. The van der Waals surface area contributed by atoms with Gasteiger partial charge < -0.3 is 15.4 Å². The fourth-order valence-corrected chi connectivity index (χ4v) is 2.59. The maximum atomic E-state index is 12.5. The molecule has 1 unspecified atom stereocenters. The molecule has 2 rings (SSSR count). The summed E-state index contributed by atoms with van der Waals surface area (Å²) in [4.78, 5) is 14.4. The molecule has 4 nitrogen and oxygen atoms in total. The average molecular weight is 313 g/mol. The van der Waals surface area contributed by atoms with Crippen LogP contribution in [0.1, 0.15) is 37.6 Å². The van der Waals surface area contributed by atoms with E-state index < -0.39 is 0 Å². The molecular formula is C16H25ClN2O2. The minimum Gasteiger partial charge on any atom is -0.494 e. The number of piperidine rings is 1. The van der Waals surface area contributed by atoms with Crippen LogP contribution in [-0.4, -0.2) is 36.5 Å². The predicted octanol–water partition coefficient (Wildman–Crippen LogP) is 2.71. The first kappa shape index (κ1) is 17.8. The second-order valence-electron chi connectivity index (χ2n) is 6.07. The molecule has 2 N–H and O–H groups in total. The number of ether oxygens (including phenoxy) is 1. The molecule has 21 heavy (non-hydrogen) atoms. The van der Waals surface area contributed by atoms with Crippen molar-refractivity contribution in [1.29, 1.82) is 0 Å². The Labute approximate surface area is 133 Å². The van der Waals surface area contributed by atoms with Crippen molar-refractivity contribution in [3.63, 3.8) is 0 Å². The standard InChI is InChI=1S/C16H24N2O2.ClH/c1-4-20-13-7-5-12(6-8-13)15(19)18-10-9-14(17)16(2,3)11-18;/h5-8,14H,4,9-11,17H2,1-3H3;1H. The van der Waals surface area contributed by atoms with E-state index >= 15 is 0 Å². The van der Waals surface area contributed by atoms with E-state index in [4.69, 9.17) is 10.5 Å². The topological polar surface area (TPSA) is 55.6 Å². The quantitative estimate of drug-likeness (QED) is 0.933. The number of hydrogen-bond acceptors (Lipinski definition) is 3. The molecule has 1 heterocycles. The van der Waals surface area contributed by atoms with Gasteiger partial charge in [-0.3, -0.25) is 4.79 Å². The van der Waals surface area contributed by atoms with Crippen LogP contribution in [0.2, 0.25) is 0 Å². The van der Waals surface area contributed by atoms with E-state index in [0.717, 1.165) is 18.7 Å². The summed E-state index contributed by atoms with van der Waals surface area (Å²) in [5.74, 6) is 0.873. The summed E-state index contributed by atoms with van der Waals surface area (Å²) >= 11 is 0. The van der Waals surface area contributed by atoms with Crippen LogP contribution in [0.5, 0.6) is 5.75 Å². The number of carbonyl (C=O) groups excluding carboxylic acids is 1. The molecular weight excluding hydrogens is 288 g/mol. The molecule has 1 aliphatic rings. The van der Waals surface area contributed by atoms with Crippen LogP contribution in [-0.2, 0) is 0 Å². The number of nitrogens with two attached hydrogens (primary N) is 1. The van der Waals surface area contributed by atoms with Crippen LogP contribution in [0, 0.1) is 5.41 Å². The highest BCUT2D eigenvalue weighted by Crippen LogP contribution is 2.28. The Kier molecular flexibility index (Phi) is 6.05. The lowest BCUT2D eigenvalue weighted by atomic mass is 9.79. The van der Waals surface area contributed by atoms with Crippen molar-refractivity contribution in [1.82, 2.24) is 4.90 Å². The van der Waals surface area contributed by atoms with Crippen molar-refractivity contribution in [2.45, 2.75) is 33.2 Å². The number of benzene rings is 1. The highest BCUT2D eigenvalue weighted by molar-refractivity contribution is 5.94. The van der Waals surface area contributed by atoms with Crippen LogP contribution in [0.4, 0.5) is 0 Å². The molecule has 0 spiro atoms. The second kappa shape index (κ2) is 7.14. The van der Waals surface area contributed by atoms with Crippen LogP contribution in [0.3, 0.4) is 0 Å². The molecule has 0 bridgehead atoms. The zero-order chi connectivity index (χ0) is 14.8. The lowest BCUT2D eigenvalue weighted by Crippen LogP contribution is -2.53. The molecule has 1 aliphatic heterocycles. The lowest BCUT2D eigenvalue weighted by molar-refractivity contribution is 0.0533. The van der Waals surface area contributed by atoms with E-state index in [9.17, 15) is 4.79 Å². The summed E-state index contributed by atoms with van der Waals surface area (Å²) in [6.45, 7) is 8.26. The van der Waals surface area contributed by atoms with Gasteiger partial charge in [0.2, 0.25) is 0 Å². The normalized spacial score (nSPS) is 20.6. The van der Waals surface area contributed by atoms with Gasteiger partial charge in [0.05, 0.1) is 6.61 Å². The van der Waals surface area contributed by atoms with Crippen molar-refractivity contribution >= 4 is 18.3 Å². The van der Waals surface area contributed by atoms with Crippen molar-refractivity contribution in [2.24, 2.45) is 11.1 Å². The summed E-state index contributed by atoms with van der Waals surface area (Å²) in [5, 5.41) is 0. The van der Waals surface area contributed by atoms with Crippen molar-refractivity contribution in [3.8, 4) is 5.75 Å². The minimum atomic E-state index is -0.0286. The van der Waals surface area contributed by atoms with Gasteiger partial charge >= 0.3 is 0 Å². The lowest BCUT2D eigenvalue weighted by Gasteiger charge is -2.42. The Hall–Kier alpha value is -1.26. The maximum absolute atomic E-state index is 12.5. The van der Waals surface area contributed by atoms with Gasteiger partial charge in [-0.25, -0.2) is 0 Å². The molecule has 0 aliphatic carbocycles. The van der Waals surface area contributed by atoms with Gasteiger partial charge in [0, 0.05) is 24.7 Å². The molecule has 118 valence electrons. The molecule has 1 fully saturated rings. The molecule has 1 aromatic rings. The zero-order valence-corrected chi connectivity index (χ0v) is 13.8. The smallest absolute Gasteiger partial charge is 0.253 e. The first-order valence-electron chi connectivity index (χ1n) is 7.22. The molecule has 0 radical (unpaired) electrons. The number of amides is 1. The molecule has 0 saturated carbocycles. The van der Waals surface area contributed by atoms with E-state index in [1.54, 1.807) is 0 Å². The summed E-state index contributed by atoms with van der Waals surface area (Å²) in [6.07, 6.45) is 0.857. The van der Waals surface area contributed by atoms with Crippen molar-refractivity contribution < 1.29 is 9.53 Å². The first-order chi connectivity index (χ1) is 9.44. The molecule has 5 heteroatoms. The molecule has 1 amide bonds. The molecule has 1 atom stereocenters. The Bertz CT molecular complexity index is 474. The number of likely N-dealkylation sites (tertiary alicyclic amines) is 1. The van der Waals surface area contributed by atoms with Gasteiger partial charge in [-0.05, 0) is 43.0 Å². The van der Waals surface area contributed by atoms with Crippen molar-refractivity contribution in [2.75, 3.05) is 19.7 Å². The summed E-state index contributed by atoms with van der Waals surface area (Å²) in [6, 6.07) is 7.51. The fourth-order valence-electron chi connectivity index (χ4n) is 2.59. The number of halogens is 1. The third-order valence-corrected chi connectivity index (χ3v) is 4.01. The van der Waals surface area contributed by atoms with Gasteiger partial charge in [0.15, 0.2) is 0 Å². The Morgan fingerprint density at radius 1 is 1.38 bits per heavy atom. The van der Waals surface area contributed by atoms with Gasteiger partial charge in [-0.15, -0.1) is 12.4 Å². The Balaban J connectivity index is 0.00000220. The molecule has 1 aromatic carbocycles. The highest BCUT2D eigenvalue weighted by atomic mass is 35.5. The van der Waals surface area contributed by atoms with E-state index in [0.29, 0.717) is 18.7 Å². The zero-order valence-electron chi connectivity index (χ0n) is 13.0. The Morgan fingerprint density at radius 3 is 2.52 bits per heavy atom. The monoisotopic (exact) mass is 312 g/mol. The number of carbonyl (C=O) groups is 1. The van der Waals surface area contributed by atoms with Crippen LogP contribution >= 0.6 is 12.4 Å². The Morgan fingerprint density at radius 2 is 2.00 bits per heavy atom. The van der Waals surface area contributed by atoms with Crippen LogP contribution in [0.25, 0.3) is 0 Å². The van der Waals surface area contributed by atoms with Crippen LogP contribution in [0.15, 0.2) is 24.3 Å². The van der Waals surface area contributed by atoms with Gasteiger partial charge in [-0.1, -0.05) is 13.8 Å². The van der Waals surface area contributed by atoms with Crippen LogP contribution < -0.4 is 10.5 Å². The maximum Gasteiger partial charge on any atom is 0.253 e. The van der Waals surface area contributed by atoms with Gasteiger partial charge in [-0.2, -0.15) is 0 Å². The van der Waals surface area contributed by atoms with E-state index in [1.807, 2.05) is 36.1 Å².